The van der Waals surface area contributed by atoms with Crippen molar-refractivity contribution in [3.8, 4) is 5.75 Å². The third-order valence-corrected chi connectivity index (χ3v) is 6.84. The summed E-state index contributed by atoms with van der Waals surface area (Å²) in [7, 11) is -1.32. The molecule has 33 heavy (non-hydrogen) atoms. The van der Waals surface area contributed by atoms with Gasteiger partial charge in [-0.2, -0.15) is 0 Å². The van der Waals surface area contributed by atoms with E-state index in [0.29, 0.717) is 11.4 Å². The number of ketones is 1. The van der Waals surface area contributed by atoms with Gasteiger partial charge in [0.15, 0.2) is 12.4 Å². The summed E-state index contributed by atoms with van der Waals surface area (Å²) in [5, 5.41) is -0.0480. The van der Waals surface area contributed by atoms with Crippen LogP contribution in [0.2, 0.25) is 5.02 Å². The number of rotatable bonds is 8. The van der Waals surface area contributed by atoms with Gasteiger partial charge in [0.2, 0.25) is 0 Å². The van der Waals surface area contributed by atoms with E-state index in [-0.39, 0.29) is 21.0 Å². The summed E-state index contributed by atoms with van der Waals surface area (Å²) in [5.41, 5.74) is 0.229. The van der Waals surface area contributed by atoms with Gasteiger partial charge in [-0.1, -0.05) is 23.7 Å². The summed E-state index contributed by atoms with van der Waals surface area (Å²) in [6, 6.07) is 14.9. The van der Waals surface area contributed by atoms with Crippen LogP contribution in [-0.4, -0.2) is 40.9 Å². The standard InChI is InChI=1S/C23H19ClFNO6S/c1-26(20-5-3-4-6-22(20)31-2)33(29,30)17-11-12-19(24)18(13-17)23(28)32-14-21(27)15-7-9-16(25)10-8-15/h3-13H,14H2,1-2H3. The number of anilines is 1. The van der Waals surface area contributed by atoms with Gasteiger partial charge in [0, 0.05) is 12.6 Å². The highest BCUT2D eigenvalue weighted by Gasteiger charge is 2.26. The second kappa shape index (κ2) is 10.0. The molecule has 0 N–H and O–H groups in total. The molecule has 0 amide bonds. The van der Waals surface area contributed by atoms with E-state index in [9.17, 15) is 22.4 Å². The minimum Gasteiger partial charge on any atom is -0.495 e. The molecule has 0 aliphatic heterocycles. The van der Waals surface area contributed by atoms with Gasteiger partial charge in [0.05, 0.1) is 28.3 Å². The molecule has 0 heterocycles. The van der Waals surface area contributed by atoms with Crippen molar-refractivity contribution in [2.24, 2.45) is 0 Å². The fourth-order valence-corrected chi connectivity index (χ4v) is 4.35. The van der Waals surface area contributed by atoms with Crippen molar-refractivity contribution in [3.63, 3.8) is 0 Å². The highest BCUT2D eigenvalue weighted by molar-refractivity contribution is 7.92. The maximum Gasteiger partial charge on any atom is 0.340 e. The average molecular weight is 492 g/mol. The number of hydrogen-bond donors (Lipinski definition) is 0. The Morgan fingerprint density at radius 3 is 2.36 bits per heavy atom. The number of ether oxygens (including phenoxy) is 2. The van der Waals surface area contributed by atoms with E-state index in [1.165, 1.54) is 38.4 Å². The highest BCUT2D eigenvalue weighted by Crippen LogP contribution is 2.32. The van der Waals surface area contributed by atoms with Crippen molar-refractivity contribution < 1.29 is 31.9 Å². The zero-order valence-corrected chi connectivity index (χ0v) is 19.2. The number of hydrogen-bond acceptors (Lipinski definition) is 6. The molecule has 3 aromatic carbocycles. The molecule has 0 aromatic heterocycles. The van der Waals surface area contributed by atoms with Gasteiger partial charge < -0.3 is 9.47 Å². The molecule has 0 aliphatic rings. The fraction of sp³-hybridized carbons (Fsp3) is 0.130. The van der Waals surface area contributed by atoms with E-state index in [1.54, 1.807) is 24.3 Å². The van der Waals surface area contributed by atoms with E-state index < -0.39 is 34.2 Å². The Morgan fingerprint density at radius 2 is 1.70 bits per heavy atom. The normalized spacial score (nSPS) is 11.0. The van der Waals surface area contributed by atoms with Crippen molar-refractivity contribution in [1.29, 1.82) is 0 Å². The Bertz CT molecular complexity index is 1290. The van der Waals surface area contributed by atoms with Crippen molar-refractivity contribution in [2.45, 2.75) is 4.90 Å². The Labute approximate surface area is 195 Å². The predicted molar refractivity (Wildman–Crippen MR) is 121 cm³/mol. The summed E-state index contributed by atoms with van der Waals surface area (Å²) in [6.07, 6.45) is 0. The van der Waals surface area contributed by atoms with Crippen molar-refractivity contribution in [1.82, 2.24) is 0 Å². The third-order valence-electron chi connectivity index (χ3n) is 4.74. The summed E-state index contributed by atoms with van der Waals surface area (Å²) >= 11 is 6.08. The lowest BCUT2D eigenvalue weighted by molar-refractivity contribution is 0.0474. The first kappa shape index (κ1) is 24.2. The second-order valence-corrected chi connectivity index (χ2v) is 9.17. The predicted octanol–water partition coefficient (Wildman–Crippen LogP) is 4.35. The molecule has 172 valence electrons. The third kappa shape index (κ3) is 5.32. The number of Topliss-reactive ketones (excluding diaryl/α,β-unsaturated/α-hetero) is 1. The summed E-state index contributed by atoms with van der Waals surface area (Å²) < 4.78 is 50.6. The smallest absolute Gasteiger partial charge is 0.340 e. The first-order valence-electron chi connectivity index (χ1n) is 9.52. The summed E-state index contributed by atoms with van der Waals surface area (Å²) in [6.45, 7) is -0.626. The number of halogens is 2. The molecule has 7 nitrogen and oxygen atoms in total. The SMILES string of the molecule is COc1ccccc1N(C)S(=O)(=O)c1ccc(Cl)c(C(=O)OCC(=O)c2ccc(F)cc2)c1. The van der Waals surface area contributed by atoms with Crippen LogP contribution in [0.25, 0.3) is 0 Å². The summed E-state index contributed by atoms with van der Waals surface area (Å²) in [5.74, 6) is -1.70. The zero-order chi connectivity index (χ0) is 24.2. The topological polar surface area (TPSA) is 90.0 Å². The molecule has 0 spiro atoms. The van der Waals surface area contributed by atoms with E-state index in [2.05, 4.69) is 0 Å². The summed E-state index contributed by atoms with van der Waals surface area (Å²) in [4.78, 5) is 24.5. The monoisotopic (exact) mass is 491 g/mol. The van der Waals surface area contributed by atoms with Crippen LogP contribution in [0, 0.1) is 5.82 Å². The van der Waals surface area contributed by atoms with Crippen LogP contribution in [0.15, 0.2) is 71.6 Å². The van der Waals surface area contributed by atoms with Crippen molar-refractivity contribution >= 4 is 39.1 Å². The molecule has 10 heteroatoms. The number of nitrogens with zero attached hydrogens (tertiary/aromatic N) is 1. The second-order valence-electron chi connectivity index (χ2n) is 6.79. The minimum atomic E-state index is -4.09. The quantitative estimate of drug-likeness (QED) is 0.344. The molecule has 3 rings (SSSR count). The zero-order valence-electron chi connectivity index (χ0n) is 17.6. The van der Waals surface area contributed by atoms with Gasteiger partial charge in [-0.25, -0.2) is 17.6 Å². The van der Waals surface area contributed by atoms with Crippen LogP contribution in [0.3, 0.4) is 0 Å². The first-order chi connectivity index (χ1) is 15.6. The van der Waals surface area contributed by atoms with Crippen LogP contribution >= 0.6 is 11.6 Å². The average Bonchev–Trinajstić information content (AvgIpc) is 2.82. The molecule has 0 bridgehead atoms. The van der Waals surface area contributed by atoms with E-state index in [0.717, 1.165) is 22.5 Å². The largest absolute Gasteiger partial charge is 0.495 e. The maximum absolute atomic E-state index is 13.2. The van der Waals surface area contributed by atoms with Crippen LogP contribution < -0.4 is 9.04 Å². The van der Waals surface area contributed by atoms with Crippen molar-refractivity contribution in [3.05, 3.63) is 88.7 Å². The van der Waals surface area contributed by atoms with Gasteiger partial charge in [-0.05, 0) is 54.6 Å². The lowest BCUT2D eigenvalue weighted by atomic mass is 10.1. The van der Waals surface area contributed by atoms with Crippen LogP contribution in [0.4, 0.5) is 10.1 Å². The van der Waals surface area contributed by atoms with E-state index in [1.807, 2.05) is 0 Å². The molecular weight excluding hydrogens is 473 g/mol. The molecule has 0 aliphatic carbocycles. The minimum absolute atomic E-state index is 0.0480. The highest BCUT2D eigenvalue weighted by atomic mass is 35.5. The number of methoxy groups -OCH3 is 1. The number of esters is 1. The van der Waals surface area contributed by atoms with Gasteiger partial charge >= 0.3 is 5.97 Å². The van der Waals surface area contributed by atoms with Crippen molar-refractivity contribution in [2.75, 3.05) is 25.1 Å². The first-order valence-corrected chi connectivity index (χ1v) is 11.3. The number of carbonyl (C=O) groups excluding carboxylic acids is 2. The van der Waals surface area contributed by atoms with E-state index in [4.69, 9.17) is 21.1 Å². The Hall–Kier alpha value is -3.43. The van der Waals surface area contributed by atoms with Gasteiger partial charge in [0.1, 0.15) is 11.6 Å². The molecule has 3 aromatic rings. The Balaban J connectivity index is 1.82. The maximum atomic E-state index is 13.2. The molecule has 0 saturated carbocycles. The van der Waals surface area contributed by atoms with Gasteiger partial charge in [-0.3, -0.25) is 9.10 Å². The number of benzene rings is 3. The van der Waals surface area contributed by atoms with Crippen LogP contribution in [0.5, 0.6) is 5.75 Å². The lowest BCUT2D eigenvalue weighted by Gasteiger charge is -2.22. The molecule has 0 saturated heterocycles. The fourth-order valence-electron chi connectivity index (χ4n) is 2.93. The molecule has 0 radical (unpaired) electrons. The Morgan fingerprint density at radius 1 is 1.03 bits per heavy atom. The number of sulfonamides is 1. The number of para-hydroxylation sites is 2. The Kier molecular flexibility index (Phi) is 7.35. The molecule has 0 fully saturated rings. The van der Waals surface area contributed by atoms with E-state index >= 15 is 0 Å². The molecule has 0 atom stereocenters. The number of carbonyl (C=O) groups is 2. The van der Waals surface area contributed by atoms with Crippen LogP contribution in [-0.2, 0) is 14.8 Å². The lowest BCUT2D eigenvalue weighted by Crippen LogP contribution is -2.27. The van der Waals surface area contributed by atoms with Gasteiger partial charge in [0.25, 0.3) is 10.0 Å². The van der Waals surface area contributed by atoms with Crippen LogP contribution in [0.1, 0.15) is 20.7 Å². The molecular formula is C23H19ClFNO6S. The van der Waals surface area contributed by atoms with Gasteiger partial charge in [-0.15, -0.1) is 0 Å². The molecule has 0 unspecified atom stereocenters.